The van der Waals surface area contributed by atoms with Crippen molar-refractivity contribution in [3.63, 3.8) is 0 Å². The standard InChI is InChI=1S/C28H26FN3O/c29-20-8-10-25-27(30-17-32(25)15-20)31-12-11-28(16-31)14-26(33)23-13-19(7-9-24(23)28)22-4-2-1-3-21(22)18-5-6-18/h1-4,7-10,13,15,17-18,26,33H,5-6,11-12,14,16H2. The van der Waals surface area contributed by atoms with Gasteiger partial charge in [0.2, 0.25) is 0 Å². The van der Waals surface area contributed by atoms with Crippen LogP contribution < -0.4 is 4.90 Å². The largest absolute Gasteiger partial charge is 0.388 e. The summed E-state index contributed by atoms with van der Waals surface area (Å²) in [6, 6.07) is 18.7. The third kappa shape index (κ3) is 2.95. The monoisotopic (exact) mass is 439 g/mol. The molecular formula is C28H26FN3O. The van der Waals surface area contributed by atoms with Crippen LogP contribution in [0.1, 0.15) is 54.4 Å². The Kier molecular flexibility index (Phi) is 4.04. The number of halogens is 1. The Balaban J connectivity index is 1.24. The molecule has 0 radical (unpaired) electrons. The molecule has 2 atom stereocenters. The van der Waals surface area contributed by atoms with Crippen LogP contribution in [0.25, 0.3) is 16.6 Å². The van der Waals surface area contributed by atoms with E-state index in [0.717, 1.165) is 42.8 Å². The second kappa shape index (κ2) is 6.91. The van der Waals surface area contributed by atoms with E-state index in [1.165, 1.54) is 47.4 Å². The lowest BCUT2D eigenvalue weighted by atomic mass is 9.80. The lowest BCUT2D eigenvalue weighted by Crippen LogP contribution is -2.29. The van der Waals surface area contributed by atoms with Crippen molar-refractivity contribution in [2.75, 3.05) is 18.0 Å². The number of anilines is 1. The molecule has 166 valence electrons. The number of pyridine rings is 1. The number of imidazole rings is 1. The Morgan fingerprint density at radius 3 is 2.79 bits per heavy atom. The van der Waals surface area contributed by atoms with E-state index in [0.29, 0.717) is 5.92 Å². The highest BCUT2D eigenvalue weighted by molar-refractivity contribution is 5.72. The van der Waals surface area contributed by atoms with E-state index in [1.807, 2.05) is 0 Å². The van der Waals surface area contributed by atoms with E-state index < -0.39 is 6.10 Å². The van der Waals surface area contributed by atoms with Crippen LogP contribution in [0.4, 0.5) is 10.2 Å². The number of fused-ring (bicyclic) bond motifs is 3. The summed E-state index contributed by atoms with van der Waals surface area (Å²) in [5.74, 6) is 1.31. The normalized spacial score (nSPS) is 24.2. The molecule has 4 nitrogen and oxygen atoms in total. The lowest BCUT2D eigenvalue weighted by molar-refractivity contribution is 0.158. The van der Waals surface area contributed by atoms with Crippen molar-refractivity contribution in [1.82, 2.24) is 9.38 Å². The summed E-state index contributed by atoms with van der Waals surface area (Å²) in [6.45, 7) is 1.70. The van der Waals surface area contributed by atoms with Crippen LogP contribution in [0.2, 0.25) is 0 Å². The van der Waals surface area contributed by atoms with Crippen molar-refractivity contribution >= 4 is 11.3 Å². The van der Waals surface area contributed by atoms with Gasteiger partial charge in [0.05, 0.1) is 11.6 Å². The van der Waals surface area contributed by atoms with Gasteiger partial charge in [0.15, 0.2) is 5.82 Å². The van der Waals surface area contributed by atoms with Crippen LogP contribution in [0.3, 0.4) is 0 Å². The van der Waals surface area contributed by atoms with Crippen molar-refractivity contribution in [1.29, 1.82) is 0 Å². The molecule has 3 aliphatic rings. The molecule has 3 heterocycles. The summed E-state index contributed by atoms with van der Waals surface area (Å²) >= 11 is 0. The van der Waals surface area contributed by atoms with E-state index in [2.05, 4.69) is 52.3 Å². The molecule has 1 N–H and O–H groups in total. The molecule has 2 unspecified atom stereocenters. The molecular weight excluding hydrogens is 413 g/mol. The molecule has 7 rings (SSSR count). The molecule has 0 bridgehead atoms. The van der Waals surface area contributed by atoms with Crippen molar-refractivity contribution < 1.29 is 9.50 Å². The van der Waals surface area contributed by atoms with E-state index in [1.54, 1.807) is 16.8 Å². The first-order chi connectivity index (χ1) is 16.1. The molecule has 33 heavy (non-hydrogen) atoms. The van der Waals surface area contributed by atoms with Crippen LogP contribution >= 0.6 is 0 Å². The van der Waals surface area contributed by atoms with Crippen LogP contribution in [0.15, 0.2) is 67.1 Å². The maximum Gasteiger partial charge on any atom is 0.154 e. The fourth-order valence-corrected chi connectivity index (χ4v) is 6.23. The number of nitrogens with zero attached hydrogens (tertiary/aromatic N) is 3. The zero-order chi connectivity index (χ0) is 22.2. The zero-order valence-corrected chi connectivity index (χ0v) is 18.4. The highest BCUT2D eigenvalue weighted by Gasteiger charge is 2.48. The van der Waals surface area contributed by atoms with Gasteiger partial charge >= 0.3 is 0 Å². The molecule has 1 aliphatic heterocycles. The van der Waals surface area contributed by atoms with Crippen molar-refractivity contribution in [2.45, 2.75) is 43.1 Å². The summed E-state index contributed by atoms with van der Waals surface area (Å²) in [4.78, 5) is 6.89. The van der Waals surface area contributed by atoms with Gasteiger partial charge in [-0.05, 0) is 77.6 Å². The quantitative estimate of drug-likeness (QED) is 0.452. The van der Waals surface area contributed by atoms with Gasteiger partial charge in [0, 0.05) is 24.7 Å². The number of hydrogen-bond acceptors (Lipinski definition) is 3. The molecule has 5 heteroatoms. The van der Waals surface area contributed by atoms with Gasteiger partial charge in [-0.2, -0.15) is 0 Å². The molecule has 1 spiro atoms. The summed E-state index contributed by atoms with van der Waals surface area (Å²) in [7, 11) is 0. The van der Waals surface area contributed by atoms with Crippen LogP contribution in [-0.2, 0) is 5.41 Å². The van der Waals surface area contributed by atoms with Gasteiger partial charge in [-0.3, -0.25) is 0 Å². The van der Waals surface area contributed by atoms with Crippen LogP contribution in [-0.4, -0.2) is 27.6 Å². The summed E-state index contributed by atoms with van der Waals surface area (Å²) in [5.41, 5.74) is 7.16. The molecule has 1 saturated carbocycles. The number of benzene rings is 2. The molecule has 2 aromatic heterocycles. The lowest BCUT2D eigenvalue weighted by Gasteiger charge is -2.26. The fourth-order valence-electron chi connectivity index (χ4n) is 6.23. The number of rotatable bonds is 3. The van der Waals surface area contributed by atoms with Crippen LogP contribution in [0.5, 0.6) is 0 Å². The van der Waals surface area contributed by atoms with Gasteiger partial charge in [0.25, 0.3) is 0 Å². The Labute approximate surface area is 192 Å². The first kappa shape index (κ1) is 19.3. The minimum atomic E-state index is -0.444. The Hall–Kier alpha value is -3.18. The first-order valence-electron chi connectivity index (χ1n) is 11.9. The average molecular weight is 440 g/mol. The molecule has 2 fully saturated rings. The van der Waals surface area contributed by atoms with Crippen molar-refractivity contribution in [2.24, 2.45) is 0 Å². The van der Waals surface area contributed by atoms with E-state index in [4.69, 9.17) is 0 Å². The third-order valence-electron chi connectivity index (χ3n) is 7.98. The third-order valence-corrected chi connectivity index (χ3v) is 7.98. The predicted octanol–water partition coefficient (Wildman–Crippen LogP) is 5.60. The van der Waals surface area contributed by atoms with E-state index in [-0.39, 0.29) is 11.2 Å². The Bertz CT molecular complexity index is 1390. The van der Waals surface area contributed by atoms with Crippen molar-refractivity contribution in [3.8, 4) is 11.1 Å². The first-order valence-corrected chi connectivity index (χ1v) is 11.9. The number of aromatic nitrogens is 2. The van der Waals surface area contributed by atoms with Gasteiger partial charge in [-0.1, -0.05) is 36.4 Å². The molecule has 1 saturated heterocycles. The molecule has 0 amide bonds. The summed E-state index contributed by atoms with van der Waals surface area (Å²) in [6.07, 6.45) is 6.98. The smallest absolute Gasteiger partial charge is 0.154 e. The highest BCUT2D eigenvalue weighted by atomic mass is 19.1. The van der Waals surface area contributed by atoms with Gasteiger partial charge in [0.1, 0.15) is 12.1 Å². The maximum atomic E-state index is 13.6. The Morgan fingerprint density at radius 1 is 1.03 bits per heavy atom. The fraction of sp³-hybridized carbons (Fsp3) is 0.321. The summed E-state index contributed by atoms with van der Waals surface area (Å²) < 4.78 is 15.4. The second-order valence-corrected chi connectivity index (χ2v) is 10.0. The molecule has 2 aliphatic carbocycles. The Morgan fingerprint density at radius 2 is 1.91 bits per heavy atom. The SMILES string of the molecule is OC1CC2(CCN(c3ncn4cc(F)ccc34)C2)c2ccc(-c3ccccc3C3CC3)cc21. The van der Waals surface area contributed by atoms with Crippen LogP contribution in [0, 0.1) is 5.82 Å². The minimum Gasteiger partial charge on any atom is -0.388 e. The van der Waals surface area contributed by atoms with Gasteiger partial charge in [-0.25, -0.2) is 9.37 Å². The summed E-state index contributed by atoms with van der Waals surface area (Å²) in [5, 5.41) is 11.1. The van der Waals surface area contributed by atoms with E-state index in [9.17, 15) is 9.50 Å². The van der Waals surface area contributed by atoms with E-state index >= 15 is 0 Å². The second-order valence-electron chi connectivity index (χ2n) is 10.0. The van der Waals surface area contributed by atoms with Gasteiger partial charge in [-0.15, -0.1) is 0 Å². The number of hydrogen-bond donors (Lipinski definition) is 1. The molecule has 4 aromatic rings. The zero-order valence-electron chi connectivity index (χ0n) is 18.4. The minimum absolute atomic E-state index is 0.0702. The number of aliphatic hydroxyl groups excluding tert-OH is 1. The van der Waals surface area contributed by atoms with Crippen molar-refractivity contribution in [3.05, 3.63) is 89.6 Å². The highest BCUT2D eigenvalue weighted by Crippen LogP contribution is 2.52. The maximum absolute atomic E-state index is 13.6. The average Bonchev–Trinajstić information content (AvgIpc) is 3.38. The predicted molar refractivity (Wildman–Crippen MR) is 127 cm³/mol. The topological polar surface area (TPSA) is 40.8 Å². The van der Waals surface area contributed by atoms with Gasteiger partial charge < -0.3 is 14.4 Å². The number of aliphatic hydroxyl groups is 1. The molecule has 2 aromatic carbocycles.